The molecule has 0 spiro atoms. The Bertz CT molecular complexity index is 534. The third-order valence-electron chi connectivity index (χ3n) is 3.73. The van der Waals surface area contributed by atoms with Crippen LogP contribution in [0.4, 0.5) is 0 Å². The van der Waals surface area contributed by atoms with E-state index in [0.29, 0.717) is 26.2 Å². The molecule has 2 aliphatic rings. The summed E-state index contributed by atoms with van der Waals surface area (Å²) in [7, 11) is 0. The summed E-state index contributed by atoms with van der Waals surface area (Å²) >= 11 is 3.48. The monoisotopic (exact) mass is 341 g/mol. The molecule has 0 aromatic heterocycles. The molecule has 3 rings (SSSR count). The van der Waals surface area contributed by atoms with Gasteiger partial charge in [-0.3, -0.25) is 4.79 Å². The maximum Gasteiger partial charge on any atom is 0.307 e. The van der Waals surface area contributed by atoms with E-state index in [1.807, 2.05) is 12.1 Å². The molecule has 0 bridgehead atoms. The number of nitrogens with one attached hydrogen (secondary N) is 1. The zero-order chi connectivity index (χ0) is 14.1. The van der Waals surface area contributed by atoms with Crippen LogP contribution in [0.25, 0.3) is 0 Å². The number of hydrogen-bond donors (Lipinski definition) is 2. The van der Waals surface area contributed by atoms with Gasteiger partial charge in [0.25, 0.3) is 0 Å². The van der Waals surface area contributed by atoms with Crippen LogP contribution >= 0.6 is 15.9 Å². The number of fused-ring (bicyclic) bond motifs is 1. The Hall–Kier alpha value is -1.27. The molecule has 2 N–H and O–H groups in total. The molecule has 0 radical (unpaired) electrons. The standard InChI is InChI=1S/C14H16BrNO4/c15-10-3-2-9(11-6-8(7-16-11)14(17)18)12-13(10)20-5-1-4-19-12/h2-3,8,11,16H,1,4-7H2,(H,17,18). The quantitative estimate of drug-likeness (QED) is 0.864. The van der Waals surface area contributed by atoms with Crippen LogP contribution in [0.3, 0.4) is 0 Å². The largest absolute Gasteiger partial charge is 0.489 e. The molecule has 2 atom stereocenters. The first-order valence-electron chi connectivity index (χ1n) is 6.71. The summed E-state index contributed by atoms with van der Waals surface area (Å²) in [5, 5.41) is 12.4. The Morgan fingerprint density at radius 2 is 2.05 bits per heavy atom. The van der Waals surface area contributed by atoms with E-state index < -0.39 is 5.97 Å². The lowest BCUT2D eigenvalue weighted by Gasteiger charge is -2.18. The maximum atomic E-state index is 11.1. The van der Waals surface area contributed by atoms with E-state index in [9.17, 15) is 4.79 Å². The summed E-state index contributed by atoms with van der Waals surface area (Å²) in [6, 6.07) is 3.90. The molecule has 0 aliphatic carbocycles. The van der Waals surface area contributed by atoms with E-state index in [0.717, 1.165) is 28.0 Å². The number of carbonyl (C=O) groups is 1. The van der Waals surface area contributed by atoms with Crippen molar-refractivity contribution in [1.29, 1.82) is 0 Å². The predicted octanol–water partition coefficient (Wildman–Crippen LogP) is 2.35. The molecule has 2 unspecified atom stereocenters. The highest BCUT2D eigenvalue weighted by Gasteiger charge is 2.33. The van der Waals surface area contributed by atoms with Gasteiger partial charge in [-0.2, -0.15) is 0 Å². The van der Waals surface area contributed by atoms with Gasteiger partial charge in [-0.25, -0.2) is 0 Å². The number of hydrogen-bond acceptors (Lipinski definition) is 4. The van der Waals surface area contributed by atoms with E-state index in [4.69, 9.17) is 14.6 Å². The second-order valence-electron chi connectivity index (χ2n) is 5.08. The number of rotatable bonds is 2. The molecule has 1 aromatic carbocycles. The van der Waals surface area contributed by atoms with Crippen molar-refractivity contribution in [2.24, 2.45) is 5.92 Å². The van der Waals surface area contributed by atoms with Crippen molar-refractivity contribution in [3.05, 3.63) is 22.2 Å². The van der Waals surface area contributed by atoms with Gasteiger partial charge in [-0.05, 0) is 28.4 Å². The van der Waals surface area contributed by atoms with Gasteiger partial charge >= 0.3 is 5.97 Å². The lowest BCUT2D eigenvalue weighted by atomic mass is 9.99. The van der Waals surface area contributed by atoms with Gasteiger partial charge in [0.15, 0.2) is 11.5 Å². The minimum absolute atomic E-state index is 0.000324. The van der Waals surface area contributed by atoms with Gasteiger partial charge in [-0.1, -0.05) is 6.07 Å². The average Bonchev–Trinajstić information content (AvgIpc) is 2.77. The number of carboxylic acid groups (broad SMARTS) is 1. The highest BCUT2D eigenvalue weighted by molar-refractivity contribution is 9.10. The predicted molar refractivity (Wildman–Crippen MR) is 76.2 cm³/mol. The van der Waals surface area contributed by atoms with Crippen molar-refractivity contribution < 1.29 is 19.4 Å². The second-order valence-corrected chi connectivity index (χ2v) is 5.93. The lowest BCUT2D eigenvalue weighted by Crippen LogP contribution is -2.17. The van der Waals surface area contributed by atoms with E-state index >= 15 is 0 Å². The Morgan fingerprint density at radius 1 is 1.30 bits per heavy atom. The van der Waals surface area contributed by atoms with Crippen LogP contribution in [0.15, 0.2) is 16.6 Å². The van der Waals surface area contributed by atoms with Crippen LogP contribution in [0.1, 0.15) is 24.4 Å². The van der Waals surface area contributed by atoms with Crippen molar-refractivity contribution in [2.75, 3.05) is 19.8 Å². The SMILES string of the molecule is O=C(O)C1CNC(c2ccc(Br)c3c2OCCCO3)C1. The summed E-state index contributed by atoms with van der Waals surface area (Å²) in [6.07, 6.45) is 1.42. The topological polar surface area (TPSA) is 67.8 Å². The molecule has 5 nitrogen and oxygen atoms in total. The van der Waals surface area contributed by atoms with E-state index in [1.54, 1.807) is 0 Å². The molecule has 1 saturated heterocycles. The first kappa shape index (κ1) is 13.7. The van der Waals surface area contributed by atoms with Crippen LogP contribution in [0, 0.1) is 5.92 Å². The smallest absolute Gasteiger partial charge is 0.307 e. The van der Waals surface area contributed by atoms with Crippen molar-refractivity contribution in [3.63, 3.8) is 0 Å². The van der Waals surface area contributed by atoms with Gasteiger partial charge in [0.1, 0.15) is 0 Å². The number of carboxylic acids is 1. The van der Waals surface area contributed by atoms with Crippen molar-refractivity contribution in [2.45, 2.75) is 18.9 Å². The molecule has 1 aromatic rings. The highest BCUT2D eigenvalue weighted by atomic mass is 79.9. The fourth-order valence-electron chi connectivity index (χ4n) is 2.68. The fraction of sp³-hybridized carbons (Fsp3) is 0.500. The first-order valence-corrected chi connectivity index (χ1v) is 7.50. The summed E-state index contributed by atoms with van der Waals surface area (Å²) in [5.74, 6) is 0.368. The van der Waals surface area contributed by atoms with Gasteiger partial charge in [0.2, 0.25) is 0 Å². The third kappa shape index (κ3) is 2.50. The molecular weight excluding hydrogens is 326 g/mol. The molecule has 6 heteroatoms. The summed E-state index contributed by atoms with van der Waals surface area (Å²) in [6.45, 7) is 1.74. The van der Waals surface area contributed by atoms with Crippen LogP contribution in [0.2, 0.25) is 0 Å². The Morgan fingerprint density at radius 3 is 2.75 bits per heavy atom. The zero-order valence-electron chi connectivity index (χ0n) is 10.9. The van der Waals surface area contributed by atoms with Gasteiger partial charge < -0.3 is 19.9 Å². The molecule has 2 heterocycles. The minimum atomic E-state index is -0.750. The Labute approximate surface area is 125 Å². The molecule has 0 saturated carbocycles. The lowest BCUT2D eigenvalue weighted by molar-refractivity contribution is -0.141. The Kier molecular flexibility index (Phi) is 3.85. The molecule has 2 aliphatic heterocycles. The van der Waals surface area contributed by atoms with E-state index in [1.165, 1.54) is 0 Å². The molecule has 1 fully saturated rings. The maximum absolute atomic E-state index is 11.1. The van der Waals surface area contributed by atoms with Crippen molar-refractivity contribution in [1.82, 2.24) is 5.32 Å². The normalized spacial score (nSPS) is 25.2. The van der Waals surface area contributed by atoms with Crippen LogP contribution in [-0.4, -0.2) is 30.8 Å². The highest BCUT2D eigenvalue weighted by Crippen LogP contribution is 2.44. The Balaban J connectivity index is 1.92. The minimum Gasteiger partial charge on any atom is -0.489 e. The van der Waals surface area contributed by atoms with Gasteiger partial charge in [0, 0.05) is 24.6 Å². The number of benzene rings is 1. The second kappa shape index (κ2) is 5.61. The summed E-state index contributed by atoms with van der Waals surface area (Å²) in [4.78, 5) is 11.1. The van der Waals surface area contributed by atoms with Crippen LogP contribution < -0.4 is 14.8 Å². The van der Waals surface area contributed by atoms with Crippen molar-refractivity contribution in [3.8, 4) is 11.5 Å². The van der Waals surface area contributed by atoms with E-state index in [-0.39, 0.29) is 12.0 Å². The molecule has 108 valence electrons. The number of ether oxygens (including phenoxy) is 2. The van der Waals surface area contributed by atoms with Crippen molar-refractivity contribution >= 4 is 21.9 Å². The van der Waals surface area contributed by atoms with Crippen LogP contribution in [-0.2, 0) is 4.79 Å². The van der Waals surface area contributed by atoms with Gasteiger partial charge in [0.05, 0.1) is 23.6 Å². The molecule has 0 amide bonds. The number of aliphatic carboxylic acids is 1. The fourth-order valence-corrected chi connectivity index (χ4v) is 3.11. The molecule has 20 heavy (non-hydrogen) atoms. The number of halogens is 1. The molecular formula is C14H16BrNO4. The summed E-state index contributed by atoms with van der Waals surface area (Å²) < 4.78 is 12.4. The van der Waals surface area contributed by atoms with Crippen LogP contribution in [0.5, 0.6) is 11.5 Å². The van der Waals surface area contributed by atoms with E-state index in [2.05, 4.69) is 21.2 Å². The average molecular weight is 342 g/mol. The third-order valence-corrected chi connectivity index (χ3v) is 4.36. The first-order chi connectivity index (χ1) is 9.66. The zero-order valence-corrected chi connectivity index (χ0v) is 12.5. The summed E-state index contributed by atoms with van der Waals surface area (Å²) in [5.41, 5.74) is 0.980. The van der Waals surface area contributed by atoms with Gasteiger partial charge in [-0.15, -0.1) is 0 Å².